The molecule has 0 unspecified atom stereocenters. The van der Waals surface area contributed by atoms with Crippen molar-refractivity contribution in [2.45, 2.75) is 26.3 Å². The van der Waals surface area contributed by atoms with E-state index in [1.165, 1.54) is 37.1 Å². The summed E-state index contributed by atoms with van der Waals surface area (Å²) in [6.07, 6.45) is 2.63. The van der Waals surface area contributed by atoms with Crippen LogP contribution in [-0.2, 0) is 6.54 Å². The van der Waals surface area contributed by atoms with Crippen molar-refractivity contribution in [1.29, 1.82) is 0 Å². The molecule has 1 N–H and O–H groups in total. The first-order valence-corrected chi connectivity index (χ1v) is 7.23. The predicted octanol–water partition coefficient (Wildman–Crippen LogP) is 2.44. The third kappa shape index (κ3) is 3.95. The molecule has 1 aliphatic heterocycles. The Hall–Kier alpha value is -1.06. The highest BCUT2D eigenvalue weighted by Crippen LogP contribution is 2.22. The van der Waals surface area contributed by atoms with Crippen molar-refractivity contribution < 1.29 is 4.74 Å². The third-order valence-corrected chi connectivity index (χ3v) is 4.07. The first-order chi connectivity index (χ1) is 9.22. The van der Waals surface area contributed by atoms with Crippen molar-refractivity contribution >= 4 is 0 Å². The van der Waals surface area contributed by atoms with Gasteiger partial charge in [-0.25, -0.2) is 0 Å². The monoisotopic (exact) mass is 262 g/mol. The number of methoxy groups -OCH3 is 1. The van der Waals surface area contributed by atoms with E-state index >= 15 is 0 Å². The number of hydrogen-bond acceptors (Lipinski definition) is 3. The highest BCUT2D eigenvalue weighted by atomic mass is 16.5. The molecule has 1 fully saturated rings. The molecule has 1 aliphatic rings. The molecule has 0 aliphatic carbocycles. The summed E-state index contributed by atoms with van der Waals surface area (Å²) >= 11 is 0. The van der Waals surface area contributed by atoms with E-state index in [0.717, 1.165) is 24.8 Å². The van der Waals surface area contributed by atoms with Crippen LogP contribution in [0.5, 0.6) is 5.75 Å². The maximum absolute atomic E-state index is 5.31. The number of piperidine rings is 1. The topological polar surface area (TPSA) is 24.5 Å². The van der Waals surface area contributed by atoms with Gasteiger partial charge in [0, 0.05) is 6.54 Å². The smallest absolute Gasteiger partial charge is 0.121 e. The molecule has 1 saturated heterocycles. The standard InChI is InChI=1S/C16H26N2O/c1-13-10-15(4-5-16(13)19-3)12-18-8-6-14(7-9-18)11-17-2/h4-5,10,14,17H,6-9,11-12H2,1-3H3. The van der Waals surface area contributed by atoms with Gasteiger partial charge >= 0.3 is 0 Å². The summed E-state index contributed by atoms with van der Waals surface area (Å²) in [6, 6.07) is 6.52. The molecule has 0 aromatic heterocycles. The van der Waals surface area contributed by atoms with E-state index in [2.05, 4.69) is 35.3 Å². The number of benzene rings is 1. The molecule has 0 amide bonds. The van der Waals surface area contributed by atoms with E-state index in [-0.39, 0.29) is 0 Å². The molecule has 106 valence electrons. The van der Waals surface area contributed by atoms with Crippen LogP contribution in [0.15, 0.2) is 18.2 Å². The van der Waals surface area contributed by atoms with Crippen molar-refractivity contribution in [2.75, 3.05) is 33.8 Å². The minimum absolute atomic E-state index is 0.860. The molecule has 0 spiro atoms. The number of rotatable bonds is 5. The van der Waals surface area contributed by atoms with Gasteiger partial charge in [-0.1, -0.05) is 12.1 Å². The molecule has 1 aromatic rings. The van der Waals surface area contributed by atoms with E-state index in [4.69, 9.17) is 4.74 Å². The van der Waals surface area contributed by atoms with Crippen LogP contribution in [0.25, 0.3) is 0 Å². The fourth-order valence-corrected chi connectivity index (χ4v) is 2.93. The van der Waals surface area contributed by atoms with Gasteiger partial charge in [0.1, 0.15) is 5.75 Å². The lowest BCUT2D eigenvalue weighted by Gasteiger charge is -2.32. The van der Waals surface area contributed by atoms with Gasteiger partial charge in [0.05, 0.1) is 7.11 Å². The second-order valence-electron chi connectivity index (χ2n) is 5.58. The average molecular weight is 262 g/mol. The largest absolute Gasteiger partial charge is 0.496 e. The lowest BCUT2D eigenvalue weighted by atomic mass is 9.96. The normalized spacial score (nSPS) is 17.6. The number of hydrogen-bond donors (Lipinski definition) is 1. The summed E-state index contributed by atoms with van der Waals surface area (Å²) in [5, 5.41) is 3.29. The van der Waals surface area contributed by atoms with Gasteiger partial charge in [-0.05, 0) is 69.6 Å². The van der Waals surface area contributed by atoms with Crippen molar-refractivity contribution in [3.63, 3.8) is 0 Å². The predicted molar refractivity (Wildman–Crippen MR) is 79.7 cm³/mol. The van der Waals surface area contributed by atoms with E-state index in [1.807, 2.05) is 7.05 Å². The van der Waals surface area contributed by atoms with Crippen molar-refractivity contribution in [2.24, 2.45) is 5.92 Å². The second-order valence-corrected chi connectivity index (χ2v) is 5.58. The van der Waals surface area contributed by atoms with Crippen LogP contribution in [0.2, 0.25) is 0 Å². The Kier molecular flexibility index (Phi) is 5.23. The molecular formula is C16H26N2O. The molecule has 19 heavy (non-hydrogen) atoms. The maximum atomic E-state index is 5.31. The Morgan fingerprint density at radius 1 is 1.32 bits per heavy atom. The molecule has 0 radical (unpaired) electrons. The van der Waals surface area contributed by atoms with Gasteiger partial charge < -0.3 is 10.1 Å². The van der Waals surface area contributed by atoms with Gasteiger partial charge in [-0.2, -0.15) is 0 Å². The number of aryl methyl sites for hydroxylation is 1. The zero-order valence-corrected chi connectivity index (χ0v) is 12.4. The van der Waals surface area contributed by atoms with Crippen LogP contribution in [-0.4, -0.2) is 38.7 Å². The molecule has 0 saturated carbocycles. The van der Waals surface area contributed by atoms with Gasteiger partial charge in [-0.3, -0.25) is 4.90 Å². The van der Waals surface area contributed by atoms with Crippen LogP contribution in [0.3, 0.4) is 0 Å². The first-order valence-electron chi connectivity index (χ1n) is 7.23. The van der Waals surface area contributed by atoms with Crippen LogP contribution < -0.4 is 10.1 Å². The molecule has 1 aromatic carbocycles. The van der Waals surface area contributed by atoms with Gasteiger partial charge in [0.25, 0.3) is 0 Å². The summed E-state index contributed by atoms with van der Waals surface area (Å²) in [7, 11) is 3.78. The van der Waals surface area contributed by atoms with E-state index < -0.39 is 0 Å². The highest BCUT2D eigenvalue weighted by molar-refractivity contribution is 5.36. The number of ether oxygens (including phenoxy) is 1. The van der Waals surface area contributed by atoms with E-state index in [9.17, 15) is 0 Å². The molecule has 0 atom stereocenters. The van der Waals surface area contributed by atoms with Crippen LogP contribution in [0, 0.1) is 12.8 Å². The zero-order valence-electron chi connectivity index (χ0n) is 12.4. The van der Waals surface area contributed by atoms with Crippen LogP contribution in [0.4, 0.5) is 0 Å². The fraction of sp³-hybridized carbons (Fsp3) is 0.625. The second kappa shape index (κ2) is 6.92. The molecular weight excluding hydrogens is 236 g/mol. The number of nitrogens with one attached hydrogen (secondary N) is 1. The quantitative estimate of drug-likeness (QED) is 0.882. The summed E-state index contributed by atoms with van der Waals surface area (Å²) in [5.41, 5.74) is 2.62. The van der Waals surface area contributed by atoms with Crippen molar-refractivity contribution in [3.8, 4) is 5.75 Å². The molecule has 3 nitrogen and oxygen atoms in total. The van der Waals surface area contributed by atoms with Crippen molar-refractivity contribution in [1.82, 2.24) is 10.2 Å². The zero-order chi connectivity index (χ0) is 13.7. The first kappa shape index (κ1) is 14.4. The van der Waals surface area contributed by atoms with Gasteiger partial charge in [0.2, 0.25) is 0 Å². The summed E-state index contributed by atoms with van der Waals surface area (Å²) in [6.45, 7) is 6.78. The van der Waals surface area contributed by atoms with Crippen LogP contribution in [0.1, 0.15) is 24.0 Å². The van der Waals surface area contributed by atoms with E-state index in [0.29, 0.717) is 0 Å². The Bertz CT molecular complexity index is 398. The average Bonchev–Trinajstić information content (AvgIpc) is 2.42. The van der Waals surface area contributed by atoms with Crippen LogP contribution >= 0.6 is 0 Å². The Morgan fingerprint density at radius 2 is 2.05 bits per heavy atom. The van der Waals surface area contributed by atoms with Crippen molar-refractivity contribution in [3.05, 3.63) is 29.3 Å². The Labute approximate surface area is 116 Å². The summed E-state index contributed by atoms with van der Waals surface area (Å²) in [5.74, 6) is 1.84. The number of likely N-dealkylation sites (tertiary alicyclic amines) is 1. The Balaban J connectivity index is 1.87. The van der Waals surface area contributed by atoms with E-state index in [1.54, 1.807) is 7.11 Å². The SMILES string of the molecule is CNCC1CCN(Cc2ccc(OC)c(C)c2)CC1. The third-order valence-electron chi connectivity index (χ3n) is 4.07. The van der Waals surface area contributed by atoms with Gasteiger partial charge in [0.15, 0.2) is 0 Å². The summed E-state index contributed by atoms with van der Waals surface area (Å²) in [4.78, 5) is 2.56. The fourth-order valence-electron chi connectivity index (χ4n) is 2.93. The molecule has 2 rings (SSSR count). The summed E-state index contributed by atoms with van der Waals surface area (Å²) < 4.78 is 5.31. The Morgan fingerprint density at radius 3 is 2.63 bits per heavy atom. The minimum Gasteiger partial charge on any atom is -0.496 e. The molecule has 3 heteroatoms. The van der Waals surface area contributed by atoms with Gasteiger partial charge in [-0.15, -0.1) is 0 Å². The lowest BCUT2D eigenvalue weighted by molar-refractivity contribution is 0.176. The number of nitrogens with zero attached hydrogens (tertiary/aromatic N) is 1. The minimum atomic E-state index is 0.860. The molecule has 1 heterocycles. The maximum Gasteiger partial charge on any atom is 0.121 e. The lowest BCUT2D eigenvalue weighted by Crippen LogP contribution is -2.36. The highest BCUT2D eigenvalue weighted by Gasteiger charge is 2.18. The molecule has 0 bridgehead atoms.